The molecule has 594 valence electrons. The van der Waals surface area contributed by atoms with Gasteiger partial charge in [-0.1, -0.05) is 381 Å². The maximum absolute atomic E-state index is 13.1. The highest BCUT2D eigenvalue weighted by atomic mass is 31.2. The number of hydrogen-bond acceptors (Lipinski definition) is 15. The number of ether oxygens (including phenoxy) is 4. The van der Waals surface area contributed by atoms with Crippen LogP contribution in [-0.4, -0.2) is 96.7 Å². The Kier molecular flexibility index (Phi) is 72.5. The van der Waals surface area contributed by atoms with Gasteiger partial charge in [-0.2, -0.15) is 0 Å². The van der Waals surface area contributed by atoms with Crippen molar-refractivity contribution in [1.29, 1.82) is 0 Å². The summed E-state index contributed by atoms with van der Waals surface area (Å²) in [4.78, 5) is 73.0. The molecule has 0 rings (SSSR count). The molecule has 3 unspecified atom stereocenters. The second kappa shape index (κ2) is 73.9. The summed E-state index contributed by atoms with van der Waals surface area (Å²) in [5, 5.41) is 10.6. The van der Waals surface area contributed by atoms with Crippen LogP contribution in [0.3, 0.4) is 0 Å². The van der Waals surface area contributed by atoms with E-state index in [0.717, 1.165) is 95.8 Å². The van der Waals surface area contributed by atoms with Gasteiger partial charge >= 0.3 is 39.5 Å². The third-order valence-corrected chi connectivity index (χ3v) is 21.3. The van der Waals surface area contributed by atoms with Crippen molar-refractivity contribution in [2.45, 2.75) is 451 Å². The lowest BCUT2D eigenvalue weighted by atomic mass is 9.99. The first kappa shape index (κ1) is 98.1. The highest BCUT2D eigenvalue weighted by Gasteiger charge is 2.30. The lowest BCUT2D eigenvalue weighted by molar-refractivity contribution is -0.161. The number of aliphatic hydroxyl groups excluding tert-OH is 1. The molecule has 0 radical (unpaired) electrons. The van der Waals surface area contributed by atoms with E-state index >= 15 is 0 Å². The summed E-state index contributed by atoms with van der Waals surface area (Å²) >= 11 is 0. The van der Waals surface area contributed by atoms with Gasteiger partial charge in [0, 0.05) is 25.7 Å². The summed E-state index contributed by atoms with van der Waals surface area (Å²) in [5.74, 6) is -1.33. The predicted molar refractivity (Wildman–Crippen MR) is 409 cm³/mol. The number of esters is 4. The maximum atomic E-state index is 13.1. The van der Waals surface area contributed by atoms with Crippen molar-refractivity contribution in [1.82, 2.24) is 0 Å². The van der Waals surface area contributed by atoms with Crippen LogP contribution in [0.4, 0.5) is 0 Å². The Morgan fingerprint density at radius 3 is 0.710 bits per heavy atom. The molecule has 0 spiro atoms. The molecule has 0 aromatic heterocycles. The summed E-state index contributed by atoms with van der Waals surface area (Å²) in [6.07, 6.45) is 65.1. The molecule has 100 heavy (non-hydrogen) atoms. The lowest BCUT2D eigenvalue weighted by Crippen LogP contribution is -2.30. The zero-order valence-electron chi connectivity index (χ0n) is 65.3. The fourth-order valence-electron chi connectivity index (χ4n) is 12.6. The van der Waals surface area contributed by atoms with Crippen molar-refractivity contribution in [2.75, 3.05) is 39.6 Å². The fourth-order valence-corrected chi connectivity index (χ4v) is 14.1. The van der Waals surface area contributed by atoms with Crippen LogP contribution < -0.4 is 0 Å². The highest BCUT2D eigenvalue weighted by Crippen LogP contribution is 2.45. The van der Waals surface area contributed by atoms with Crippen molar-refractivity contribution in [3.8, 4) is 0 Å². The highest BCUT2D eigenvalue weighted by molar-refractivity contribution is 7.47. The second-order valence-electron chi connectivity index (χ2n) is 29.4. The van der Waals surface area contributed by atoms with Crippen LogP contribution in [0, 0.1) is 5.92 Å². The zero-order chi connectivity index (χ0) is 73.4. The molecular formula is C81H158O17P2. The van der Waals surface area contributed by atoms with Crippen molar-refractivity contribution in [2.24, 2.45) is 5.92 Å². The topological polar surface area (TPSA) is 237 Å². The Morgan fingerprint density at radius 2 is 0.480 bits per heavy atom. The molecule has 6 atom stereocenters. The molecule has 0 bridgehead atoms. The first-order chi connectivity index (χ1) is 48.6. The molecule has 19 heteroatoms. The molecule has 0 saturated carbocycles. The molecule has 0 aliphatic carbocycles. The van der Waals surface area contributed by atoms with Gasteiger partial charge in [0.05, 0.1) is 26.4 Å². The van der Waals surface area contributed by atoms with Crippen LogP contribution in [0.25, 0.3) is 0 Å². The number of unbranched alkanes of at least 4 members (excludes halogenated alkanes) is 52. The molecule has 0 aromatic carbocycles. The predicted octanol–water partition coefficient (Wildman–Crippen LogP) is 24.4. The number of phosphoric acid groups is 2. The number of carbonyl (C=O) groups excluding carboxylic acids is 4. The molecule has 0 aromatic rings. The SMILES string of the molecule is CCCCCCCCCCCCCCCCCCCCCCCC(=O)O[C@H](COC(=O)CCCCCCCCCCCCCCCC)COP(=O)(O)OC[C@@H](O)COP(=O)(O)OC[C@@H](COC(=O)CCCCCCCCCCC(C)CC)OC(=O)CCCCCCCCCCCCCCC. The van der Waals surface area contributed by atoms with Gasteiger partial charge in [0.25, 0.3) is 0 Å². The van der Waals surface area contributed by atoms with Gasteiger partial charge in [-0.25, -0.2) is 9.13 Å². The molecular weight excluding hydrogens is 1310 g/mol. The first-order valence-corrected chi connectivity index (χ1v) is 45.2. The summed E-state index contributed by atoms with van der Waals surface area (Å²) in [7, 11) is -9.92. The Morgan fingerprint density at radius 1 is 0.280 bits per heavy atom. The summed E-state index contributed by atoms with van der Waals surface area (Å²) < 4.78 is 68.7. The minimum Gasteiger partial charge on any atom is -0.462 e. The summed E-state index contributed by atoms with van der Waals surface area (Å²) in [6.45, 7) is 7.33. The Bertz CT molecular complexity index is 1910. The number of aliphatic hydroxyl groups is 1. The van der Waals surface area contributed by atoms with Crippen LogP contribution in [0.2, 0.25) is 0 Å². The van der Waals surface area contributed by atoms with E-state index in [1.807, 2.05) is 0 Å². The molecule has 0 heterocycles. The van der Waals surface area contributed by atoms with Crippen LogP contribution in [0.1, 0.15) is 433 Å². The molecule has 0 fully saturated rings. The van der Waals surface area contributed by atoms with Crippen LogP contribution in [0.15, 0.2) is 0 Å². The second-order valence-corrected chi connectivity index (χ2v) is 32.3. The average molecular weight is 1470 g/mol. The number of carbonyl (C=O) groups is 4. The first-order valence-electron chi connectivity index (χ1n) is 42.2. The van der Waals surface area contributed by atoms with E-state index in [9.17, 15) is 43.2 Å². The van der Waals surface area contributed by atoms with Crippen LogP contribution >= 0.6 is 15.6 Å². The lowest BCUT2D eigenvalue weighted by Gasteiger charge is -2.21. The number of rotatable bonds is 81. The Balaban J connectivity index is 5.23. The smallest absolute Gasteiger partial charge is 0.462 e. The molecule has 3 N–H and O–H groups in total. The fraction of sp³-hybridized carbons (Fsp3) is 0.951. The van der Waals surface area contributed by atoms with E-state index in [2.05, 4.69) is 34.6 Å². The Labute approximate surface area is 613 Å². The molecule has 0 aliphatic rings. The van der Waals surface area contributed by atoms with Gasteiger partial charge in [0.1, 0.15) is 19.3 Å². The van der Waals surface area contributed by atoms with Crippen molar-refractivity contribution < 1.29 is 80.2 Å². The van der Waals surface area contributed by atoms with Gasteiger partial charge < -0.3 is 33.8 Å². The van der Waals surface area contributed by atoms with Crippen molar-refractivity contribution in [3.63, 3.8) is 0 Å². The minimum absolute atomic E-state index is 0.108. The number of phosphoric ester groups is 2. The maximum Gasteiger partial charge on any atom is 0.472 e. The Hall–Kier alpha value is -1.94. The van der Waals surface area contributed by atoms with Gasteiger partial charge in [0.15, 0.2) is 12.2 Å². The standard InChI is InChI=1S/C81H158O17P2/c1-6-10-13-16-19-22-25-28-30-31-32-33-34-35-36-39-42-45-52-57-62-67-81(86)97-76(70-91-78(83)64-59-54-49-43-40-38-29-26-23-20-17-14-11-7-2)72-95-99(87,88)93-68-75(82)69-94-100(89,90)96-73-77(71-92-79(84)65-60-55-50-47-46-48-53-58-63-74(5)9-4)98-80(85)66-61-56-51-44-41-37-27-24-21-18-15-12-8-3/h74-77,82H,6-73H2,1-5H3,(H,87,88)(H,89,90)/t74?,75-,76-,77-/m1/s1. The number of hydrogen-bond donors (Lipinski definition) is 3. The van der Waals surface area contributed by atoms with Crippen molar-refractivity contribution in [3.05, 3.63) is 0 Å². The molecule has 0 amide bonds. The van der Waals surface area contributed by atoms with Gasteiger partial charge in [-0.15, -0.1) is 0 Å². The quantitative estimate of drug-likeness (QED) is 0.0222. The summed E-state index contributed by atoms with van der Waals surface area (Å²) in [6, 6.07) is 0. The third-order valence-electron chi connectivity index (χ3n) is 19.4. The van der Waals surface area contributed by atoms with Crippen LogP contribution in [0.5, 0.6) is 0 Å². The van der Waals surface area contributed by atoms with Gasteiger partial charge in [-0.3, -0.25) is 37.3 Å². The van der Waals surface area contributed by atoms with Crippen molar-refractivity contribution >= 4 is 39.5 Å². The third kappa shape index (κ3) is 73.0. The summed E-state index contributed by atoms with van der Waals surface area (Å²) in [5.41, 5.74) is 0. The largest absolute Gasteiger partial charge is 0.472 e. The van der Waals surface area contributed by atoms with Crippen LogP contribution in [-0.2, 0) is 65.4 Å². The van der Waals surface area contributed by atoms with E-state index < -0.39 is 97.5 Å². The normalized spacial score (nSPS) is 14.1. The molecule has 0 saturated heterocycles. The molecule has 17 nitrogen and oxygen atoms in total. The van der Waals surface area contributed by atoms with Gasteiger partial charge in [0.2, 0.25) is 0 Å². The monoisotopic (exact) mass is 1470 g/mol. The van der Waals surface area contributed by atoms with E-state index in [4.69, 9.17) is 37.0 Å². The van der Waals surface area contributed by atoms with E-state index in [-0.39, 0.29) is 25.7 Å². The van der Waals surface area contributed by atoms with E-state index in [0.29, 0.717) is 25.7 Å². The minimum atomic E-state index is -4.96. The van der Waals surface area contributed by atoms with Gasteiger partial charge in [-0.05, 0) is 31.6 Å². The zero-order valence-corrected chi connectivity index (χ0v) is 67.1. The van der Waals surface area contributed by atoms with E-state index in [1.54, 1.807) is 0 Å². The average Bonchev–Trinajstić information content (AvgIpc) is 1.02. The van der Waals surface area contributed by atoms with E-state index in [1.165, 1.54) is 257 Å². The molecule has 0 aliphatic heterocycles.